The van der Waals surface area contributed by atoms with Gasteiger partial charge in [0, 0.05) is 25.7 Å². The molecule has 4 N–H and O–H groups in total. The number of hydrogen-bond acceptors (Lipinski definition) is 5. The maximum Gasteiger partial charge on any atom is 0.242 e. The molecule has 0 unspecified atom stereocenters. The molecule has 0 spiro atoms. The van der Waals surface area contributed by atoms with Crippen LogP contribution in [0, 0.1) is 0 Å². The van der Waals surface area contributed by atoms with Crippen molar-refractivity contribution in [1.82, 2.24) is 9.71 Å². The third kappa shape index (κ3) is 5.23. The molecule has 7 nitrogen and oxygen atoms in total. The van der Waals surface area contributed by atoms with Gasteiger partial charge >= 0.3 is 0 Å². The highest BCUT2D eigenvalue weighted by Crippen LogP contribution is 2.10. The largest absolute Gasteiger partial charge is 0.370 e. The van der Waals surface area contributed by atoms with Gasteiger partial charge in [-0.25, -0.2) is 18.1 Å². The number of aromatic nitrogens is 1. The molecule has 1 aromatic heterocycles. The first kappa shape index (κ1) is 15.4. The number of sulfonamides is 1. The number of rotatable bonds is 8. The average Bonchev–Trinajstić information content (AvgIpc) is 2.36. The van der Waals surface area contributed by atoms with Gasteiger partial charge in [0.1, 0.15) is 10.7 Å². The number of primary amides is 1. The average molecular weight is 286 g/mol. The Morgan fingerprint density at radius 3 is 2.63 bits per heavy atom. The fourth-order valence-corrected chi connectivity index (χ4v) is 2.26. The molecule has 106 valence electrons. The first-order valence-electron chi connectivity index (χ1n) is 5.93. The molecule has 8 heteroatoms. The third-order valence-electron chi connectivity index (χ3n) is 2.27. The molecule has 1 amide bonds. The number of carbonyl (C=O) groups excluding carboxylic acids is 1. The summed E-state index contributed by atoms with van der Waals surface area (Å²) >= 11 is 0. The number of hydrogen-bond donors (Lipinski definition) is 3. The third-order valence-corrected chi connectivity index (χ3v) is 3.71. The van der Waals surface area contributed by atoms with E-state index in [1.165, 1.54) is 12.3 Å². The monoisotopic (exact) mass is 286 g/mol. The summed E-state index contributed by atoms with van der Waals surface area (Å²) in [5, 5.41) is 3.04. The topological polar surface area (TPSA) is 114 Å². The first-order chi connectivity index (χ1) is 8.95. The summed E-state index contributed by atoms with van der Waals surface area (Å²) in [6.45, 7) is 2.78. The van der Waals surface area contributed by atoms with Crippen molar-refractivity contribution in [1.29, 1.82) is 0 Å². The number of pyridine rings is 1. The maximum absolute atomic E-state index is 11.8. The van der Waals surface area contributed by atoms with E-state index in [4.69, 9.17) is 5.73 Å². The van der Waals surface area contributed by atoms with Gasteiger partial charge in [-0.2, -0.15) is 0 Å². The molecule has 0 radical (unpaired) electrons. The van der Waals surface area contributed by atoms with Crippen molar-refractivity contribution in [3.8, 4) is 0 Å². The van der Waals surface area contributed by atoms with Crippen molar-refractivity contribution in [2.24, 2.45) is 5.73 Å². The van der Waals surface area contributed by atoms with Crippen molar-refractivity contribution >= 4 is 21.7 Å². The van der Waals surface area contributed by atoms with Gasteiger partial charge in [-0.05, 0) is 18.6 Å². The lowest BCUT2D eigenvalue weighted by Crippen LogP contribution is -2.28. The first-order valence-corrected chi connectivity index (χ1v) is 7.42. The number of amides is 1. The van der Waals surface area contributed by atoms with Crippen LogP contribution in [0.1, 0.15) is 19.8 Å². The molecule has 0 aliphatic rings. The highest BCUT2D eigenvalue weighted by molar-refractivity contribution is 7.89. The number of nitrogens with one attached hydrogen (secondary N) is 2. The van der Waals surface area contributed by atoms with Crippen LogP contribution in [0.15, 0.2) is 23.2 Å². The van der Waals surface area contributed by atoms with Crippen LogP contribution in [0.5, 0.6) is 0 Å². The number of carbonyl (C=O) groups is 1. The van der Waals surface area contributed by atoms with Crippen LogP contribution in [-0.4, -0.2) is 32.4 Å². The molecule has 1 heterocycles. The molecule has 0 aromatic carbocycles. The molecule has 0 aliphatic heterocycles. The fourth-order valence-electron chi connectivity index (χ4n) is 1.29. The molecular weight excluding hydrogens is 268 g/mol. The van der Waals surface area contributed by atoms with Gasteiger partial charge in [0.05, 0.1) is 0 Å². The number of nitrogens with zero attached hydrogens (tertiary/aromatic N) is 1. The summed E-state index contributed by atoms with van der Waals surface area (Å²) in [4.78, 5) is 14.6. The molecule has 1 aromatic rings. The standard InChI is InChI=1S/C11H18N4O3S/c1-2-6-13-11-4-3-9(8-14-11)19(17,18)15-7-5-10(12)16/h3-4,8,15H,2,5-7H2,1H3,(H2,12,16)(H,13,14). The molecule has 0 saturated heterocycles. The lowest BCUT2D eigenvalue weighted by molar-refractivity contribution is -0.117. The summed E-state index contributed by atoms with van der Waals surface area (Å²) < 4.78 is 25.9. The predicted octanol–water partition coefficient (Wildman–Crippen LogP) is 0.0572. The maximum atomic E-state index is 11.8. The molecule has 0 aliphatic carbocycles. The fraction of sp³-hybridized carbons (Fsp3) is 0.455. The normalized spacial score (nSPS) is 11.2. The Bertz CT molecular complexity index is 513. The minimum absolute atomic E-state index is 0.0203. The van der Waals surface area contributed by atoms with Crippen molar-refractivity contribution in [2.75, 3.05) is 18.4 Å². The van der Waals surface area contributed by atoms with E-state index in [1.54, 1.807) is 6.07 Å². The van der Waals surface area contributed by atoms with Crippen LogP contribution in [0.3, 0.4) is 0 Å². The Hall–Kier alpha value is -1.67. The molecule has 0 bridgehead atoms. The Balaban J connectivity index is 2.65. The highest BCUT2D eigenvalue weighted by Gasteiger charge is 2.14. The van der Waals surface area contributed by atoms with Crippen molar-refractivity contribution in [3.63, 3.8) is 0 Å². The van der Waals surface area contributed by atoms with Crippen molar-refractivity contribution < 1.29 is 13.2 Å². The van der Waals surface area contributed by atoms with E-state index in [0.29, 0.717) is 5.82 Å². The molecular formula is C11H18N4O3S. The summed E-state index contributed by atoms with van der Waals surface area (Å²) in [6, 6.07) is 3.05. The van der Waals surface area contributed by atoms with Gasteiger partial charge < -0.3 is 11.1 Å². The van der Waals surface area contributed by atoms with Crippen LogP contribution in [-0.2, 0) is 14.8 Å². The summed E-state index contributed by atoms with van der Waals surface area (Å²) in [5.74, 6) is 0.0675. The van der Waals surface area contributed by atoms with Crippen LogP contribution in [0.25, 0.3) is 0 Å². The molecule has 1 rings (SSSR count). The lowest BCUT2D eigenvalue weighted by atomic mass is 10.4. The summed E-state index contributed by atoms with van der Waals surface area (Å²) in [7, 11) is -3.64. The second-order valence-electron chi connectivity index (χ2n) is 3.92. The summed E-state index contributed by atoms with van der Waals surface area (Å²) in [6.07, 6.45) is 2.18. The van der Waals surface area contributed by atoms with Crippen LogP contribution < -0.4 is 15.8 Å². The zero-order valence-electron chi connectivity index (χ0n) is 10.7. The van der Waals surface area contributed by atoms with Gasteiger partial charge in [0.15, 0.2) is 0 Å². The Kier molecular flexibility index (Phi) is 5.71. The minimum atomic E-state index is -3.64. The Morgan fingerprint density at radius 2 is 2.11 bits per heavy atom. The SMILES string of the molecule is CCCNc1ccc(S(=O)(=O)NCCC(N)=O)cn1. The smallest absolute Gasteiger partial charge is 0.242 e. The van der Waals surface area contributed by atoms with Gasteiger partial charge in [-0.15, -0.1) is 0 Å². The minimum Gasteiger partial charge on any atom is -0.370 e. The second-order valence-corrected chi connectivity index (χ2v) is 5.69. The number of anilines is 1. The van der Waals surface area contributed by atoms with E-state index in [2.05, 4.69) is 15.0 Å². The second kappa shape index (κ2) is 7.05. The molecule has 19 heavy (non-hydrogen) atoms. The molecule has 0 saturated carbocycles. The zero-order valence-corrected chi connectivity index (χ0v) is 11.5. The highest BCUT2D eigenvalue weighted by atomic mass is 32.2. The Morgan fingerprint density at radius 1 is 1.37 bits per heavy atom. The van der Waals surface area contributed by atoms with Crippen molar-refractivity contribution in [3.05, 3.63) is 18.3 Å². The van der Waals surface area contributed by atoms with Gasteiger partial charge in [-0.3, -0.25) is 4.79 Å². The summed E-state index contributed by atoms with van der Waals surface area (Å²) in [5.41, 5.74) is 4.93. The van der Waals surface area contributed by atoms with Crippen molar-refractivity contribution in [2.45, 2.75) is 24.7 Å². The van der Waals surface area contributed by atoms with E-state index in [-0.39, 0.29) is 17.9 Å². The van der Waals surface area contributed by atoms with Gasteiger partial charge in [0.25, 0.3) is 0 Å². The predicted molar refractivity (Wildman–Crippen MR) is 72.0 cm³/mol. The van der Waals surface area contributed by atoms with Crippen LogP contribution in [0.2, 0.25) is 0 Å². The quantitative estimate of drug-likeness (QED) is 0.625. The van der Waals surface area contributed by atoms with E-state index >= 15 is 0 Å². The number of nitrogens with two attached hydrogens (primary N) is 1. The Labute approximate surface area is 112 Å². The van der Waals surface area contributed by atoms with Crippen LogP contribution >= 0.6 is 0 Å². The molecule has 0 fully saturated rings. The molecule has 0 atom stereocenters. The van der Waals surface area contributed by atoms with E-state index < -0.39 is 15.9 Å². The van der Waals surface area contributed by atoms with E-state index in [1.807, 2.05) is 6.92 Å². The van der Waals surface area contributed by atoms with Gasteiger partial charge in [-0.1, -0.05) is 6.92 Å². The van der Waals surface area contributed by atoms with Gasteiger partial charge in [0.2, 0.25) is 15.9 Å². The lowest BCUT2D eigenvalue weighted by Gasteiger charge is -2.07. The van der Waals surface area contributed by atoms with E-state index in [9.17, 15) is 13.2 Å². The van der Waals surface area contributed by atoms with Crippen LogP contribution in [0.4, 0.5) is 5.82 Å². The zero-order chi connectivity index (χ0) is 14.3. The van der Waals surface area contributed by atoms with E-state index in [0.717, 1.165) is 13.0 Å².